The molecule has 1 rings (SSSR count). The predicted molar refractivity (Wildman–Crippen MR) is 67.1 cm³/mol. The average molecular weight is 283 g/mol. The maximum atomic E-state index is 11.9. The van der Waals surface area contributed by atoms with Crippen molar-refractivity contribution in [2.45, 2.75) is 51.9 Å². The summed E-state index contributed by atoms with van der Waals surface area (Å²) in [7, 11) is 0. The molecule has 1 aliphatic rings. The lowest BCUT2D eigenvalue weighted by molar-refractivity contribution is -0.174. The molecule has 0 saturated heterocycles. The van der Waals surface area contributed by atoms with E-state index in [4.69, 9.17) is 4.74 Å². The van der Waals surface area contributed by atoms with Gasteiger partial charge in [0, 0.05) is 24.6 Å². The minimum Gasteiger partial charge on any atom is -0.378 e. The third kappa shape index (κ3) is 4.61. The average Bonchev–Trinajstić information content (AvgIpc) is 2.33. The van der Waals surface area contributed by atoms with Crippen LogP contribution in [0.1, 0.15) is 33.6 Å². The van der Waals surface area contributed by atoms with Gasteiger partial charge in [0.15, 0.2) is 0 Å². The highest BCUT2D eigenvalue weighted by Crippen LogP contribution is 2.45. The van der Waals surface area contributed by atoms with Crippen LogP contribution in [0.4, 0.5) is 13.2 Å². The Kier molecular flexibility index (Phi) is 6.08. The Morgan fingerprint density at radius 1 is 1.32 bits per heavy atom. The number of halogens is 3. The smallest absolute Gasteiger partial charge is 0.378 e. The highest BCUT2D eigenvalue weighted by molar-refractivity contribution is 5.04. The zero-order chi connectivity index (χ0) is 14.5. The summed E-state index contributed by atoms with van der Waals surface area (Å²) in [4.78, 5) is 0. The molecule has 0 bridgehead atoms. The second kappa shape index (κ2) is 6.90. The molecule has 1 fully saturated rings. The van der Waals surface area contributed by atoms with E-state index in [-0.39, 0.29) is 18.1 Å². The van der Waals surface area contributed by atoms with Gasteiger partial charge in [-0.3, -0.25) is 0 Å². The molecule has 0 aromatic carbocycles. The molecule has 0 aromatic heterocycles. The van der Waals surface area contributed by atoms with Gasteiger partial charge in [0.05, 0.1) is 12.7 Å². The molecule has 0 amide bonds. The van der Waals surface area contributed by atoms with Gasteiger partial charge < -0.3 is 14.8 Å². The van der Waals surface area contributed by atoms with Crippen molar-refractivity contribution < 1.29 is 22.6 Å². The lowest BCUT2D eigenvalue weighted by Gasteiger charge is -2.53. The van der Waals surface area contributed by atoms with E-state index in [9.17, 15) is 13.2 Å². The lowest BCUT2D eigenvalue weighted by atomic mass is 9.61. The van der Waals surface area contributed by atoms with Gasteiger partial charge in [0.1, 0.15) is 6.61 Å². The van der Waals surface area contributed by atoms with Crippen molar-refractivity contribution in [3.05, 3.63) is 0 Å². The van der Waals surface area contributed by atoms with E-state index in [1.54, 1.807) is 0 Å². The van der Waals surface area contributed by atoms with Crippen molar-refractivity contribution in [3.8, 4) is 0 Å². The molecule has 0 aliphatic heterocycles. The maximum Gasteiger partial charge on any atom is 0.411 e. The summed E-state index contributed by atoms with van der Waals surface area (Å²) in [5.74, 6) is 0. The molecule has 6 heteroatoms. The van der Waals surface area contributed by atoms with Gasteiger partial charge in [-0.25, -0.2) is 0 Å². The molecule has 0 aromatic rings. The normalized spacial score (nSPS) is 31.3. The fourth-order valence-corrected chi connectivity index (χ4v) is 2.56. The molecule has 1 saturated carbocycles. The number of hydrogen-bond donors (Lipinski definition) is 1. The third-order valence-corrected chi connectivity index (χ3v) is 4.01. The van der Waals surface area contributed by atoms with Gasteiger partial charge in [-0.15, -0.1) is 0 Å². The summed E-state index contributed by atoms with van der Waals surface area (Å²) in [6.07, 6.45) is -2.10. The third-order valence-electron chi connectivity index (χ3n) is 4.01. The molecule has 114 valence electrons. The fraction of sp³-hybridized carbons (Fsp3) is 1.00. The summed E-state index contributed by atoms with van der Waals surface area (Å²) in [5.41, 5.74) is 0.0695. The Balaban J connectivity index is 2.20. The largest absolute Gasteiger partial charge is 0.411 e. The second-order valence-electron chi connectivity index (χ2n) is 5.21. The van der Waals surface area contributed by atoms with Crippen molar-refractivity contribution in [1.29, 1.82) is 0 Å². The minimum absolute atomic E-state index is 0.0695. The summed E-state index contributed by atoms with van der Waals surface area (Å²) in [5, 5.41) is 3.26. The van der Waals surface area contributed by atoms with Crippen LogP contribution in [0.3, 0.4) is 0 Å². The molecular weight excluding hydrogens is 259 g/mol. The molecule has 1 aliphatic carbocycles. The molecule has 1 N–H and O–H groups in total. The maximum absolute atomic E-state index is 11.9. The Morgan fingerprint density at radius 3 is 2.53 bits per heavy atom. The van der Waals surface area contributed by atoms with Gasteiger partial charge in [0.2, 0.25) is 0 Å². The van der Waals surface area contributed by atoms with Gasteiger partial charge >= 0.3 is 6.18 Å². The summed E-state index contributed by atoms with van der Waals surface area (Å²) >= 11 is 0. The zero-order valence-electron chi connectivity index (χ0n) is 11.8. The Hall–Kier alpha value is -0.330. The molecule has 0 radical (unpaired) electrons. The van der Waals surface area contributed by atoms with E-state index in [1.807, 2.05) is 6.92 Å². The monoisotopic (exact) mass is 283 g/mol. The summed E-state index contributed by atoms with van der Waals surface area (Å²) in [6, 6.07) is 0.295. The van der Waals surface area contributed by atoms with Crippen LogP contribution in [0.15, 0.2) is 0 Å². The van der Waals surface area contributed by atoms with E-state index >= 15 is 0 Å². The van der Waals surface area contributed by atoms with Crippen molar-refractivity contribution in [2.24, 2.45) is 5.41 Å². The second-order valence-corrected chi connectivity index (χ2v) is 5.21. The molecular formula is C13H24F3NO2. The molecule has 3 atom stereocenters. The van der Waals surface area contributed by atoms with Crippen LogP contribution in [0.2, 0.25) is 0 Å². The topological polar surface area (TPSA) is 30.5 Å². The number of ether oxygens (including phenoxy) is 2. The molecule has 19 heavy (non-hydrogen) atoms. The first-order chi connectivity index (χ1) is 8.83. The van der Waals surface area contributed by atoms with Crippen LogP contribution in [0, 0.1) is 5.41 Å². The predicted octanol–water partition coefficient (Wildman–Crippen LogP) is 2.75. The number of nitrogens with one attached hydrogen (secondary N) is 1. The van der Waals surface area contributed by atoms with Crippen LogP contribution in [-0.4, -0.2) is 44.7 Å². The van der Waals surface area contributed by atoms with Gasteiger partial charge in [0.25, 0.3) is 0 Å². The highest BCUT2D eigenvalue weighted by atomic mass is 19.4. The first-order valence-electron chi connectivity index (χ1n) is 6.83. The van der Waals surface area contributed by atoms with Crippen molar-refractivity contribution in [1.82, 2.24) is 5.32 Å². The molecule has 0 spiro atoms. The van der Waals surface area contributed by atoms with E-state index in [1.165, 1.54) is 0 Å². The van der Waals surface area contributed by atoms with E-state index in [0.29, 0.717) is 19.2 Å². The van der Waals surface area contributed by atoms with Gasteiger partial charge in [-0.2, -0.15) is 13.2 Å². The Bertz CT molecular complexity index is 273. The Morgan fingerprint density at radius 2 is 2.00 bits per heavy atom. The van der Waals surface area contributed by atoms with E-state index < -0.39 is 12.8 Å². The lowest BCUT2D eigenvalue weighted by Crippen LogP contribution is -2.62. The van der Waals surface area contributed by atoms with Crippen LogP contribution in [0.25, 0.3) is 0 Å². The number of rotatable bonds is 8. The van der Waals surface area contributed by atoms with Gasteiger partial charge in [-0.1, -0.05) is 13.8 Å². The highest BCUT2D eigenvalue weighted by Gasteiger charge is 2.50. The number of alkyl halides is 3. The van der Waals surface area contributed by atoms with Crippen LogP contribution >= 0.6 is 0 Å². The SMILES string of the molecule is CCOC1CC(NCCOCC(F)(F)F)C1(C)CC. The quantitative estimate of drug-likeness (QED) is 0.695. The zero-order valence-corrected chi connectivity index (χ0v) is 11.8. The fourth-order valence-electron chi connectivity index (χ4n) is 2.56. The summed E-state index contributed by atoms with van der Waals surface area (Å²) < 4.78 is 45.9. The van der Waals surface area contributed by atoms with Crippen molar-refractivity contribution in [2.75, 3.05) is 26.4 Å². The first kappa shape index (κ1) is 16.7. The Labute approximate surface area is 112 Å². The number of hydrogen-bond acceptors (Lipinski definition) is 3. The van der Waals surface area contributed by atoms with Crippen LogP contribution < -0.4 is 5.32 Å². The van der Waals surface area contributed by atoms with Crippen LogP contribution in [0.5, 0.6) is 0 Å². The molecule has 0 heterocycles. The van der Waals surface area contributed by atoms with Crippen LogP contribution in [-0.2, 0) is 9.47 Å². The van der Waals surface area contributed by atoms with E-state index in [0.717, 1.165) is 12.8 Å². The molecule has 3 nitrogen and oxygen atoms in total. The van der Waals surface area contributed by atoms with Crippen molar-refractivity contribution >= 4 is 0 Å². The van der Waals surface area contributed by atoms with E-state index in [2.05, 4.69) is 23.9 Å². The summed E-state index contributed by atoms with van der Waals surface area (Å²) in [6.45, 7) is 6.28. The van der Waals surface area contributed by atoms with Gasteiger partial charge in [-0.05, 0) is 19.8 Å². The minimum atomic E-state index is -4.24. The van der Waals surface area contributed by atoms with Crippen molar-refractivity contribution in [3.63, 3.8) is 0 Å². The molecule has 3 unspecified atom stereocenters. The standard InChI is InChI=1S/C13H24F3NO2/c1-4-12(3)10(8-11(12)19-5-2)17-6-7-18-9-13(14,15)16/h10-11,17H,4-9H2,1-3H3. The first-order valence-corrected chi connectivity index (χ1v) is 6.83.